The van der Waals surface area contributed by atoms with Gasteiger partial charge in [0.2, 0.25) is 0 Å². The number of rotatable bonds is 0. The van der Waals surface area contributed by atoms with Crippen molar-refractivity contribution in [2.45, 2.75) is 17.7 Å². The molecular weight excluding hydrogens is 260 g/mol. The van der Waals surface area contributed by atoms with Crippen molar-refractivity contribution in [3.05, 3.63) is 16.9 Å². The van der Waals surface area contributed by atoms with E-state index in [0.29, 0.717) is 0 Å². The van der Waals surface area contributed by atoms with Crippen LogP contribution in [-0.2, 0) is 0 Å². The van der Waals surface area contributed by atoms with Gasteiger partial charge in [-0.1, -0.05) is 15.9 Å². The number of nitrogens with one attached hydrogen (secondary N) is 1. The molecule has 1 aromatic rings. The summed E-state index contributed by atoms with van der Waals surface area (Å²) < 4.78 is 0.988. The third-order valence-corrected chi connectivity index (χ3v) is 2.32. The van der Waals surface area contributed by atoms with E-state index in [0.717, 1.165) is 9.30 Å². The van der Waals surface area contributed by atoms with Crippen LogP contribution in [0.4, 0.5) is 0 Å². The SMILES string of the molecule is BrC1CC1.Brc1cn[nH]c1. The van der Waals surface area contributed by atoms with Gasteiger partial charge in [-0.15, -0.1) is 0 Å². The van der Waals surface area contributed by atoms with Gasteiger partial charge in [0.05, 0.1) is 10.7 Å². The molecule has 1 saturated carbocycles. The second kappa shape index (κ2) is 4.13. The van der Waals surface area contributed by atoms with Gasteiger partial charge in [0.25, 0.3) is 0 Å². The largest absolute Gasteiger partial charge is 0.285 e. The number of alkyl halides is 1. The van der Waals surface area contributed by atoms with Crippen LogP contribution in [0.2, 0.25) is 0 Å². The minimum Gasteiger partial charge on any atom is -0.285 e. The molecule has 0 unspecified atom stereocenters. The Balaban J connectivity index is 0.000000108. The molecule has 1 aromatic heterocycles. The van der Waals surface area contributed by atoms with Gasteiger partial charge in [-0.3, -0.25) is 5.10 Å². The summed E-state index contributed by atoms with van der Waals surface area (Å²) in [7, 11) is 0. The second-order valence-corrected chi connectivity index (χ2v) is 4.30. The van der Waals surface area contributed by atoms with Crippen molar-refractivity contribution in [3.63, 3.8) is 0 Å². The molecule has 0 spiro atoms. The van der Waals surface area contributed by atoms with Crippen molar-refractivity contribution < 1.29 is 0 Å². The lowest BCUT2D eigenvalue weighted by Gasteiger charge is -1.59. The average Bonchev–Trinajstić information content (AvgIpc) is 2.50. The zero-order valence-electron chi connectivity index (χ0n) is 5.35. The molecule has 0 aliphatic heterocycles. The van der Waals surface area contributed by atoms with E-state index in [-0.39, 0.29) is 0 Å². The smallest absolute Gasteiger partial charge is 0.0629 e. The first-order valence-corrected chi connectivity index (χ1v) is 4.78. The molecular formula is C6H8Br2N2. The first kappa shape index (κ1) is 8.27. The Labute approximate surface area is 76.7 Å². The van der Waals surface area contributed by atoms with Crippen molar-refractivity contribution in [1.29, 1.82) is 0 Å². The highest BCUT2D eigenvalue weighted by molar-refractivity contribution is 9.10. The molecule has 1 aliphatic carbocycles. The number of H-pyrrole nitrogens is 1. The fraction of sp³-hybridized carbons (Fsp3) is 0.500. The number of halogens is 2. The summed E-state index contributed by atoms with van der Waals surface area (Å²) in [6.07, 6.45) is 6.26. The Morgan fingerprint density at radius 3 is 2.30 bits per heavy atom. The van der Waals surface area contributed by atoms with Crippen LogP contribution in [0.25, 0.3) is 0 Å². The Hall–Kier alpha value is 0.170. The minimum atomic E-state index is 0.896. The van der Waals surface area contributed by atoms with Crippen LogP contribution in [0.1, 0.15) is 12.8 Å². The number of aromatic nitrogens is 2. The number of hydrogen-bond acceptors (Lipinski definition) is 1. The molecule has 0 amide bonds. The third-order valence-electron chi connectivity index (χ3n) is 0.972. The van der Waals surface area contributed by atoms with Crippen molar-refractivity contribution in [2.75, 3.05) is 0 Å². The average molecular weight is 268 g/mol. The predicted molar refractivity (Wildman–Crippen MR) is 48.2 cm³/mol. The van der Waals surface area contributed by atoms with Crippen LogP contribution >= 0.6 is 31.9 Å². The first-order valence-electron chi connectivity index (χ1n) is 3.07. The van der Waals surface area contributed by atoms with E-state index in [4.69, 9.17) is 0 Å². The molecule has 1 N–H and O–H groups in total. The highest BCUT2D eigenvalue weighted by atomic mass is 79.9. The van der Waals surface area contributed by atoms with Crippen molar-refractivity contribution >= 4 is 31.9 Å². The van der Waals surface area contributed by atoms with Crippen LogP contribution in [0.3, 0.4) is 0 Å². The Morgan fingerprint density at radius 1 is 1.60 bits per heavy atom. The lowest BCUT2D eigenvalue weighted by molar-refractivity contribution is 1.09. The Morgan fingerprint density at radius 2 is 2.20 bits per heavy atom. The fourth-order valence-corrected chi connectivity index (χ4v) is 0.767. The second-order valence-electron chi connectivity index (χ2n) is 2.09. The van der Waals surface area contributed by atoms with Crippen LogP contribution in [0, 0.1) is 0 Å². The molecule has 0 bridgehead atoms. The fourth-order valence-electron chi connectivity index (χ4n) is 0.298. The molecule has 2 rings (SSSR count). The molecule has 4 heteroatoms. The predicted octanol–water partition coefficient (Wildman–Crippen LogP) is 2.72. The zero-order chi connectivity index (χ0) is 7.40. The molecule has 1 aliphatic rings. The van der Waals surface area contributed by atoms with E-state index < -0.39 is 0 Å². The van der Waals surface area contributed by atoms with Gasteiger partial charge in [0.15, 0.2) is 0 Å². The lowest BCUT2D eigenvalue weighted by atomic mass is 10.8. The first-order chi connectivity index (χ1) is 4.79. The number of hydrogen-bond donors (Lipinski definition) is 1. The molecule has 10 heavy (non-hydrogen) atoms. The molecule has 0 saturated heterocycles. The molecule has 0 radical (unpaired) electrons. The minimum absolute atomic E-state index is 0.896. The van der Waals surface area contributed by atoms with Crippen molar-refractivity contribution in [1.82, 2.24) is 10.2 Å². The summed E-state index contributed by atoms with van der Waals surface area (Å²) in [5.74, 6) is 0. The summed E-state index contributed by atoms with van der Waals surface area (Å²) in [6.45, 7) is 0. The van der Waals surface area contributed by atoms with Crippen LogP contribution < -0.4 is 0 Å². The van der Waals surface area contributed by atoms with Gasteiger partial charge in [-0.2, -0.15) is 5.10 Å². The van der Waals surface area contributed by atoms with E-state index in [9.17, 15) is 0 Å². The van der Waals surface area contributed by atoms with Gasteiger partial charge in [-0.25, -0.2) is 0 Å². The van der Waals surface area contributed by atoms with Gasteiger partial charge in [0, 0.05) is 11.0 Å². The standard InChI is InChI=1S/C3H3BrN2.C3H5Br/c4-3-1-5-6-2-3;4-3-1-2-3/h1-2H,(H,5,6);3H,1-2H2. The summed E-state index contributed by atoms with van der Waals surface area (Å²) in [5.41, 5.74) is 0. The molecule has 2 nitrogen and oxygen atoms in total. The van der Waals surface area contributed by atoms with Gasteiger partial charge in [0.1, 0.15) is 0 Å². The highest BCUT2D eigenvalue weighted by Gasteiger charge is 2.15. The maximum Gasteiger partial charge on any atom is 0.0629 e. The quantitative estimate of drug-likeness (QED) is 0.720. The van der Waals surface area contributed by atoms with E-state index in [1.54, 1.807) is 12.4 Å². The molecule has 1 fully saturated rings. The van der Waals surface area contributed by atoms with E-state index in [2.05, 4.69) is 42.1 Å². The molecule has 0 atom stereocenters. The summed E-state index contributed by atoms with van der Waals surface area (Å²) >= 11 is 6.57. The summed E-state index contributed by atoms with van der Waals surface area (Å²) in [6, 6.07) is 0. The van der Waals surface area contributed by atoms with Crippen molar-refractivity contribution in [3.8, 4) is 0 Å². The molecule has 0 aromatic carbocycles. The molecule has 56 valence electrons. The van der Waals surface area contributed by atoms with Crippen molar-refractivity contribution in [2.24, 2.45) is 0 Å². The van der Waals surface area contributed by atoms with E-state index in [1.807, 2.05) is 0 Å². The topological polar surface area (TPSA) is 28.7 Å². The summed E-state index contributed by atoms with van der Waals surface area (Å²) in [5, 5.41) is 6.28. The van der Waals surface area contributed by atoms with Gasteiger partial charge < -0.3 is 0 Å². The maximum atomic E-state index is 3.65. The molecule has 1 heterocycles. The van der Waals surface area contributed by atoms with Crippen LogP contribution in [-0.4, -0.2) is 15.0 Å². The maximum absolute atomic E-state index is 3.65. The van der Waals surface area contributed by atoms with E-state index in [1.165, 1.54) is 12.8 Å². The Kier molecular flexibility index (Phi) is 3.42. The number of nitrogens with zero attached hydrogens (tertiary/aromatic N) is 1. The monoisotopic (exact) mass is 266 g/mol. The lowest BCUT2D eigenvalue weighted by Crippen LogP contribution is -1.53. The summed E-state index contributed by atoms with van der Waals surface area (Å²) in [4.78, 5) is 0.896. The highest BCUT2D eigenvalue weighted by Crippen LogP contribution is 2.27. The van der Waals surface area contributed by atoms with Gasteiger partial charge in [-0.05, 0) is 28.8 Å². The van der Waals surface area contributed by atoms with Gasteiger partial charge >= 0.3 is 0 Å². The third kappa shape index (κ3) is 4.06. The van der Waals surface area contributed by atoms with Crippen LogP contribution in [0.15, 0.2) is 16.9 Å². The number of aromatic amines is 1. The van der Waals surface area contributed by atoms with Crippen LogP contribution in [0.5, 0.6) is 0 Å². The normalized spacial score (nSPS) is 15.8. The Bertz CT molecular complexity index is 170. The zero-order valence-corrected chi connectivity index (χ0v) is 8.52. The van der Waals surface area contributed by atoms with E-state index >= 15 is 0 Å².